The van der Waals surface area contributed by atoms with E-state index in [0.29, 0.717) is 4.88 Å². The Kier molecular flexibility index (Phi) is 1.97. The van der Waals surface area contributed by atoms with Gasteiger partial charge >= 0.3 is 0 Å². The molecule has 1 rings (SSSR count). The van der Waals surface area contributed by atoms with Crippen LogP contribution < -0.4 is 0 Å². The smallest absolute Gasteiger partial charge is 0.204 e. The maximum absolute atomic E-state index is 11.8. The first-order valence-corrected chi connectivity index (χ1v) is 3.33. The van der Waals surface area contributed by atoms with Crippen molar-refractivity contribution >= 4 is 11.3 Å². The van der Waals surface area contributed by atoms with Crippen LogP contribution in [0, 0.1) is 11.3 Å². The van der Waals surface area contributed by atoms with E-state index in [1.54, 1.807) is 6.07 Å². The first-order chi connectivity index (χ1) is 4.74. The lowest BCUT2D eigenvalue weighted by Crippen LogP contribution is -1.72. The highest BCUT2D eigenvalue weighted by Crippen LogP contribution is 2.25. The van der Waals surface area contributed by atoms with Gasteiger partial charge in [0.1, 0.15) is 10.9 Å². The molecular formula is C6H3F2NS. The predicted molar refractivity (Wildman–Crippen MR) is 34.0 cm³/mol. The molecular weight excluding hydrogens is 156 g/mol. The van der Waals surface area contributed by atoms with Crippen molar-refractivity contribution in [1.82, 2.24) is 0 Å². The first-order valence-electron chi connectivity index (χ1n) is 2.52. The molecule has 0 aliphatic rings. The summed E-state index contributed by atoms with van der Waals surface area (Å²) in [5, 5.41) is 8.25. The summed E-state index contributed by atoms with van der Waals surface area (Å²) >= 11 is 0.830. The Morgan fingerprint density at radius 3 is 2.50 bits per heavy atom. The zero-order valence-electron chi connectivity index (χ0n) is 4.84. The largest absolute Gasteiger partial charge is 0.272 e. The second-order valence-corrected chi connectivity index (χ2v) is 2.73. The van der Waals surface area contributed by atoms with E-state index in [0.717, 1.165) is 11.3 Å². The van der Waals surface area contributed by atoms with Crippen LogP contribution in [0.2, 0.25) is 0 Å². The van der Waals surface area contributed by atoms with E-state index in [2.05, 4.69) is 0 Å². The molecule has 0 aromatic carbocycles. The Hall–Kier alpha value is -0.950. The highest BCUT2D eigenvalue weighted by molar-refractivity contribution is 7.12. The van der Waals surface area contributed by atoms with Gasteiger partial charge in [0.05, 0.1) is 4.88 Å². The van der Waals surface area contributed by atoms with Gasteiger partial charge in [-0.05, 0) is 12.1 Å². The van der Waals surface area contributed by atoms with Crippen LogP contribution in [0.15, 0.2) is 12.1 Å². The first kappa shape index (κ1) is 7.16. The van der Waals surface area contributed by atoms with E-state index in [4.69, 9.17) is 5.26 Å². The Bertz CT molecular complexity index is 261. The number of halogens is 2. The Morgan fingerprint density at radius 2 is 2.20 bits per heavy atom. The lowest BCUT2D eigenvalue weighted by atomic mass is 10.4. The van der Waals surface area contributed by atoms with E-state index in [1.807, 2.05) is 0 Å². The fourth-order valence-electron chi connectivity index (χ4n) is 0.530. The lowest BCUT2D eigenvalue weighted by molar-refractivity contribution is 0.155. The van der Waals surface area contributed by atoms with E-state index in [9.17, 15) is 8.78 Å². The normalized spacial score (nSPS) is 9.80. The van der Waals surface area contributed by atoms with Crippen molar-refractivity contribution < 1.29 is 8.78 Å². The van der Waals surface area contributed by atoms with Crippen LogP contribution in [0.3, 0.4) is 0 Å². The maximum Gasteiger partial charge on any atom is 0.272 e. The van der Waals surface area contributed by atoms with Gasteiger partial charge in [0.2, 0.25) is 0 Å². The molecule has 1 aromatic rings. The number of hydrogen-bond donors (Lipinski definition) is 0. The van der Waals surface area contributed by atoms with Crippen molar-refractivity contribution in [2.24, 2.45) is 0 Å². The van der Waals surface area contributed by atoms with E-state index in [1.165, 1.54) is 12.1 Å². The molecule has 0 atom stereocenters. The molecule has 0 radical (unpaired) electrons. The van der Waals surface area contributed by atoms with Gasteiger partial charge < -0.3 is 0 Å². The van der Waals surface area contributed by atoms with Crippen molar-refractivity contribution in [2.45, 2.75) is 6.43 Å². The molecule has 0 amide bonds. The van der Waals surface area contributed by atoms with Crippen LogP contribution in [-0.4, -0.2) is 0 Å². The Morgan fingerprint density at radius 1 is 1.50 bits per heavy atom. The molecule has 0 spiro atoms. The number of rotatable bonds is 1. The summed E-state index contributed by atoms with van der Waals surface area (Å²) < 4.78 is 23.6. The van der Waals surface area contributed by atoms with Crippen LogP contribution in [-0.2, 0) is 0 Å². The molecule has 4 heteroatoms. The van der Waals surface area contributed by atoms with E-state index < -0.39 is 6.43 Å². The van der Waals surface area contributed by atoms with Crippen molar-refractivity contribution in [3.8, 4) is 6.07 Å². The van der Waals surface area contributed by atoms with E-state index in [-0.39, 0.29) is 4.88 Å². The Balaban J connectivity index is 2.91. The summed E-state index contributed by atoms with van der Waals surface area (Å²) in [7, 11) is 0. The SMILES string of the molecule is N#Cc1ccc(C(F)F)s1. The molecule has 0 saturated heterocycles. The lowest BCUT2D eigenvalue weighted by Gasteiger charge is -1.87. The highest BCUT2D eigenvalue weighted by atomic mass is 32.1. The van der Waals surface area contributed by atoms with Crippen molar-refractivity contribution in [2.75, 3.05) is 0 Å². The molecule has 1 heterocycles. The zero-order valence-corrected chi connectivity index (χ0v) is 5.66. The molecule has 0 bridgehead atoms. The fraction of sp³-hybridized carbons (Fsp3) is 0.167. The molecule has 0 unspecified atom stereocenters. The van der Waals surface area contributed by atoms with Crippen molar-refractivity contribution in [3.63, 3.8) is 0 Å². The van der Waals surface area contributed by atoms with Gasteiger partial charge in [0, 0.05) is 0 Å². The molecule has 10 heavy (non-hydrogen) atoms. The zero-order chi connectivity index (χ0) is 7.56. The summed E-state index contributed by atoms with van der Waals surface area (Å²) in [5.74, 6) is 0. The summed E-state index contributed by atoms with van der Waals surface area (Å²) in [6, 6.07) is 4.45. The topological polar surface area (TPSA) is 23.8 Å². The maximum atomic E-state index is 11.8. The standard InChI is InChI=1S/C6H3F2NS/c7-6(8)5-2-1-4(3-9)10-5/h1-2,6H. The number of nitrogens with zero attached hydrogens (tertiary/aromatic N) is 1. The van der Waals surface area contributed by atoms with E-state index >= 15 is 0 Å². The van der Waals surface area contributed by atoms with Gasteiger partial charge in [-0.1, -0.05) is 0 Å². The van der Waals surface area contributed by atoms with Crippen LogP contribution in [0.4, 0.5) is 8.78 Å². The fourth-order valence-corrected chi connectivity index (χ4v) is 1.19. The summed E-state index contributed by atoms with van der Waals surface area (Å²) in [5.41, 5.74) is 0. The molecule has 0 aliphatic heterocycles. The van der Waals surface area contributed by atoms with Gasteiger partial charge in [0.15, 0.2) is 0 Å². The second-order valence-electron chi connectivity index (χ2n) is 1.61. The van der Waals surface area contributed by atoms with Gasteiger partial charge in [-0.3, -0.25) is 0 Å². The van der Waals surface area contributed by atoms with Crippen molar-refractivity contribution in [3.05, 3.63) is 21.9 Å². The van der Waals surface area contributed by atoms with Gasteiger partial charge in [-0.25, -0.2) is 8.78 Å². The minimum Gasteiger partial charge on any atom is -0.204 e. The monoisotopic (exact) mass is 159 g/mol. The summed E-state index contributed by atoms with van der Waals surface area (Å²) in [6.07, 6.45) is -2.45. The third-order valence-corrected chi connectivity index (χ3v) is 1.95. The third kappa shape index (κ3) is 1.31. The predicted octanol–water partition coefficient (Wildman–Crippen LogP) is 2.56. The van der Waals surface area contributed by atoms with Crippen LogP contribution in [0.1, 0.15) is 16.2 Å². The minimum atomic E-state index is -2.45. The minimum absolute atomic E-state index is 0.0449. The van der Waals surface area contributed by atoms with Crippen LogP contribution >= 0.6 is 11.3 Å². The summed E-state index contributed by atoms with van der Waals surface area (Å²) in [6.45, 7) is 0. The molecule has 1 nitrogen and oxygen atoms in total. The number of nitriles is 1. The Labute approximate surface area is 60.5 Å². The van der Waals surface area contributed by atoms with Gasteiger partial charge in [-0.15, -0.1) is 11.3 Å². The number of alkyl halides is 2. The molecule has 0 fully saturated rings. The average Bonchev–Trinajstić information content (AvgIpc) is 2.34. The quantitative estimate of drug-likeness (QED) is 0.617. The molecule has 0 aliphatic carbocycles. The summed E-state index contributed by atoms with van der Waals surface area (Å²) in [4.78, 5) is 0.284. The van der Waals surface area contributed by atoms with Gasteiger partial charge in [0.25, 0.3) is 6.43 Å². The number of thiophene rings is 1. The molecule has 0 N–H and O–H groups in total. The molecule has 52 valence electrons. The second kappa shape index (κ2) is 2.76. The van der Waals surface area contributed by atoms with Crippen LogP contribution in [0.25, 0.3) is 0 Å². The van der Waals surface area contributed by atoms with Crippen LogP contribution in [0.5, 0.6) is 0 Å². The average molecular weight is 159 g/mol. The molecule has 0 saturated carbocycles. The highest BCUT2D eigenvalue weighted by Gasteiger charge is 2.08. The number of hydrogen-bond acceptors (Lipinski definition) is 2. The van der Waals surface area contributed by atoms with Gasteiger partial charge in [-0.2, -0.15) is 5.26 Å². The molecule has 1 aromatic heterocycles. The van der Waals surface area contributed by atoms with Crippen molar-refractivity contribution in [1.29, 1.82) is 5.26 Å². The third-order valence-electron chi connectivity index (χ3n) is 0.952.